The molecular weight excluding hydrogens is 304 g/mol. The first-order valence-electron chi connectivity index (χ1n) is 9.43. The molecule has 1 atom stereocenters. The number of hydrogen-bond acceptors (Lipinski definition) is 1. The van der Waals surface area contributed by atoms with Gasteiger partial charge in [0.1, 0.15) is 0 Å². The van der Waals surface area contributed by atoms with Gasteiger partial charge in [0.2, 0.25) is 0 Å². The highest BCUT2D eigenvalue weighted by Gasteiger charge is 2.18. The first kappa shape index (κ1) is 17.6. The van der Waals surface area contributed by atoms with Crippen LogP contribution >= 0.6 is 0 Å². The minimum atomic E-state index is 0.456. The Bertz CT molecular complexity index is 844. The van der Waals surface area contributed by atoms with Crippen LogP contribution in [0.4, 0.5) is 5.69 Å². The van der Waals surface area contributed by atoms with E-state index in [1.54, 1.807) is 0 Å². The van der Waals surface area contributed by atoms with Crippen LogP contribution in [-0.4, -0.2) is 17.2 Å². The van der Waals surface area contributed by atoms with Gasteiger partial charge in [0.15, 0.2) is 0 Å². The maximum absolute atomic E-state index is 2.52. The summed E-state index contributed by atoms with van der Waals surface area (Å²) in [6, 6.07) is 18.4. The number of para-hydroxylation sites is 2. The molecule has 1 aromatic heterocycles. The van der Waals surface area contributed by atoms with Crippen molar-refractivity contribution in [2.75, 3.05) is 11.4 Å². The average molecular weight is 335 g/mol. The SMILES string of the molecule is CCN(c1ccccc1C)C(C)Cc1cn(C(C)C)c2ccccc12. The Morgan fingerprint density at radius 1 is 0.960 bits per heavy atom. The summed E-state index contributed by atoms with van der Waals surface area (Å²) in [5.41, 5.74) is 5.49. The molecule has 0 aliphatic heterocycles. The van der Waals surface area contributed by atoms with Crippen molar-refractivity contribution < 1.29 is 0 Å². The second kappa shape index (κ2) is 7.35. The monoisotopic (exact) mass is 334 g/mol. The molecule has 0 saturated heterocycles. The second-order valence-corrected chi connectivity index (χ2v) is 7.30. The molecule has 2 nitrogen and oxygen atoms in total. The highest BCUT2D eigenvalue weighted by molar-refractivity contribution is 5.84. The number of likely N-dealkylation sites (N-methyl/N-ethyl adjacent to an activating group) is 1. The van der Waals surface area contributed by atoms with Crippen molar-refractivity contribution in [1.82, 2.24) is 4.57 Å². The van der Waals surface area contributed by atoms with E-state index in [0.717, 1.165) is 13.0 Å². The van der Waals surface area contributed by atoms with E-state index >= 15 is 0 Å². The molecule has 0 fully saturated rings. The molecule has 3 aromatic rings. The predicted molar refractivity (Wildman–Crippen MR) is 110 cm³/mol. The fourth-order valence-corrected chi connectivity index (χ4v) is 3.90. The van der Waals surface area contributed by atoms with Gasteiger partial charge in [-0.25, -0.2) is 0 Å². The molecule has 0 bridgehead atoms. The van der Waals surface area contributed by atoms with E-state index in [4.69, 9.17) is 0 Å². The van der Waals surface area contributed by atoms with E-state index in [2.05, 4.69) is 98.8 Å². The molecule has 2 heteroatoms. The van der Waals surface area contributed by atoms with Gasteiger partial charge in [0.05, 0.1) is 0 Å². The fraction of sp³-hybridized carbons (Fsp3) is 0.391. The second-order valence-electron chi connectivity index (χ2n) is 7.30. The minimum Gasteiger partial charge on any atom is -0.369 e. The van der Waals surface area contributed by atoms with Crippen LogP contribution < -0.4 is 4.90 Å². The van der Waals surface area contributed by atoms with E-state index in [9.17, 15) is 0 Å². The van der Waals surface area contributed by atoms with Crippen molar-refractivity contribution in [3.05, 3.63) is 65.9 Å². The zero-order valence-electron chi connectivity index (χ0n) is 16.2. The summed E-state index contributed by atoms with van der Waals surface area (Å²) in [4.78, 5) is 2.52. The summed E-state index contributed by atoms with van der Waals surface area (Å²) >= 11 is 0. The lowest BCUT2D eigenvalue weighted by Crippen LogP contribution is -2.35. The van der Waals surface area contributed by atoms with E-state index in [1.807, 2.05) is 0 Å². The number of rotatable bonds is 6. The smallest absolute Gasteiger partial charge is 0.0485 e. The van der Waals surface area contributed by atoms with Gasteiger partial charge in [-0.1, -0.05) is 36.4 Å². The third kappa shape index (κ3) is 3.44. The van der Waals surface area contributed by atoms with Gasteiger partial charge in [0, 0.05) is 41.4 Å². The van der Waals surface area contributed by atoms with E-state index in [-0.39, 0.29) is 0 Å². The van der Waals surface area contributed by atoms with Gasteiger partial charge in [0.25, 0.3) is 0 Å². The Morgan fingerprint density at radius 3 is 2.32 bits per heavy atom. The quantitative estimate of drug-likeness (QED) is 0.537. The molecule has 0 saturated carbocycles. The first-order valence-corrected chi connectivity index (χ1v) is 9.43. The Kier molecular flexibility index (Phi) is 5.17. The van der Waals surface area contributed by atoms with E-state index < -0.39 is 0 Å². The maximum atomic E-state index is 2.52. The molecule has 132 valence electrons. The van der Waals surface area contributed by atoms with Crippen molar-refractivity contribution in [2.24, 2.45) is 0 Å². The summed E-state index contributed by atoms with van der Waals surface area (Å²) in [5.74, 6) is 0. The molecule has 0 spiro atoms. The van der Waals surface area contributed by atoms with Crippen molar-refractivity contribution >= 4 is 16.6 Å². The normalized spacial score (nSPS) is 12.7. The third-order valence-electron chi connectivity index (χ3n) is 5.19. The van der Waals surface area contributed by atoms with E-state index in [0.29, 0.717) is 12.1 Å². The maximum Gasteiger partial charge on any atom is 0.0485 e. The van der Waals surface area contributed by atoms with Gasteiger partial charge in [-0.05, 0) is 64.3 Å². The van der Waals surface area contributed by atoms with Crippen LogP contribution in [0.2, 0.25) is 0 Å². The lowest BCUT2D eigenvalue weighted by atomic mass is 10.0. The summed E-state index contributed by atoms with van der Waals surface area (Å²) in [7, 11) is 0. The topological polar surface area (TPSA) is 8.17 Å². The minimum absolute atomic E-state index is 0.456. The number of hydrogen-bond donors (Lipinski definition) is 0. The highest BCUT2D eigenvalue weighted by Crippen LogP contribution is 2.28. The first-order chi connectivity index (χ1) is 12.0. The zero-order chi connectivity index (χ0) is 18.0. The van der Waals surface area contributed by atoms with Crippen LogP contribution in [0.1, 0.15) is 44.9 Å². The standard InChI is InChI=1S/C23H30N2/c1-6-24(22-13-9-7-11-18(22)4)19(5)15-20-16-25(17(2)3)23-14-10-8-12-21(20)23/h7-14,16-17,19H,6,15H2,1-5H3. The molecule has 25 heavy (non-hydrogen) atoms. The number of aromatic nitrogens is 1. The molecule has 0 amide bonds. The van der Waals surface area contributed by atoms with Crippen LogP contribution in [0, 0.1) is 6.92 Å². The molecule has 0 aliphatic rings. The fourth-order valence-electron chi connectivity index (χ4n) is 3.90. The van der Waals surface area contributed by atoms with Gasteiger partial charge in [-0.2, -0.15) is 0 Å². The van der Waals surface area contributed by atoms with Crippen molar-refractivity contribution in [3.8, 4) is 0 Å². The summed E-state index contributed by atoms with van der Waals surface area (Å²) < 4.78 is 2.40. The third-order valence-corrected chi connectivity index (χ3v) is 5.19. The molecule has 0 aliphatic carbocycles. The van der Waals surface area contributed by atoms with Gasteiger partial charge in [-0.15, -0.1) is 0 Å². The van der Waals surface area contributed by atoms with Crippen molar-refractivity contribution in [1.29, 1.82) is 0 Å². The van der Waals surface area contributed by atoms with Crippen molar-refractivity contribution in [2.45, 2.75) is 53.1 Å². The van der Waals surface area contributed by atoms with Gasteiger partial charge in [-0.3, -0.25) is 0 Å². The predicted octanol–water partition coefficient (Wildman–Crippen LogP) is 5.99. The summed E-state index contributed by atoms with van der Waals surface area (Å²) in [5, 5.41) is 1.39. The van der Waals surface area contributed by atoms with Crippen molar-refractivity contribution in [3.63, 3.8) is 0 Å². The number of fused-ring (bicyclic) bond motifs is 1. The van der Waals surface area contributed by atoms with Crippen LogP contribution in [0.15, 0.2) is 54.7 Å². The van der Waals surface area contributed by atoms with Gasteiger partial charge < -0.3 is 9.47 Å². The van der Waals surface area contributed by atoms with E-state index in [1.165, 1.54) is 27.7 Å². The van der Waals surface area contributed by atoms with Crippen LogP contribution in [0.5, 0.6) is 0 Å². The number of anilines is 1. The zero-order valence-corrected chi connectivity index (χ0v) is 16.2. The van der Waals surface area contributed by atoms with Crippen LogP contribution in [0.25, 0.3) is 10.9 Å². The Balaban J connectivity index is 1.94. The summed E-state index contributed by atoms with van der Waals surface area (Å²) in [6.07, 6.45) is 3.42. The largest absolute Gasteiger partial charge is 0.369 e. The van der Waals surface area contributed by atoms with Gasteiger partial charge >= 0.3 is 0 Å². The van der Waals surface area contributed by atoms with Crippen LogP contribution in [0.3, 0.4) is 0 Å². The Morgan fingerprint density at radius 2 is 1.64 bits per heavy atom. The molecule has 2 aromatic carbocycles. The number of aryl methyl sites for hydroxylation is 1. The molecular formula is C23H30N2. The van der Waals surface area contributed by atoms with Crippen LogP contribution in [-0.2, 0) is 6.42 Å². The summed E-state index contributed by atoms with van der Waals surface area (Å²) in [6.45, 7) is 12.3. The molecule has 3 rings (SSSR count). The number of benzene rings is 2. The molecule has 1 heterocycles. The number of nitrogens with zero attached hydrogens (tertiary/aromatic N) is 2. The molecule has 0 N–H and O–H groups in total. The Labute approximate surface area is 152 Å². The molecule has 0 radical (unpaired) electrons. The Hall–Kier alpha value is -2.22. The lowest BCUT2D eigenvalue weighted by Gasteiger charge is -2.31. The average Bonchev–Trinajstić information content (AvgIpc) is 2.96. The lowest BCUT2D eigenvalue weighted by molar-refractivity contribution is 0.612. The molecule has 1 unspecified atom stereocenters. The highest BCUT2D eigenvalue weighted by atomic mass is 15.2.